The Morgan fingerprint density at radius 3 is 1.65 bits per heavy atom. The standard InChI is InChI=1S/C18H19N3O5.2C2HF3O2/c1-26-13-4-2-12(3-5-13)21-7-6-19-14(21)8-20-10-17(15(22)23)9-18(17,11-20)16(24)25;2*3-2(4,5)1(6)7/h2-7H,8-11H2,1H3,(H,22,23)(H,24,25);2*(H,6,7)/t17-,18+;;. The maximum atomic E-state index is 11.6. The number of halogens is 6. The van der Waals surface area contributed by atoms with Gasteiger partial charge in [-0.05, 0) is 30.7 Å². The van der Waals surface area contributed by atoms with E-state index in [1.165, 1.54) is 0 Å². The summed E-state index contributed by atoms with van der Waals surface area (Å²) in [6, 6.07) is 7.51. The summed E-state index contributed by atoms with van der Waals surface area (Å²) < 4.78 is 70.5. The summed E-state index contributed by atoms with van der Waals surface area (Å²) in [6.07, 6.45) is -6.46. The number of alkyl halides is 6. The first kappa shape index (κ1) is 31.9. The molecule has 1 aliphatic heterocycles. The summed E-state index contributed by atoms with van der Waals surface area (Å²) in [5.74, 6) is -6.08. The van der Waals surface area contributed by atoms with E-state index in [4.69, 9.17) is 24.5 Å². The second-order valence-corrected chi connectivity index (χ2v) is 8.61. The van der Waals surface area contributed by atoms with Crippen molar-refractivity contribution in [2.45, 2.75) is 25.3 Å². The third-order valence-electron chi connectivity index (χ3n) is 6.12. The van der Waals surface area contributed by atoms with E-state index in [9.17, 15) is 46.1 Å². The number of ether oxygens (including phenoxy) is 1. The molecule has 0 bridgehead atoms. The predicted molar refractivity (Wildman–Crippen MR) is 118 cm³/mol. The van der Waals surface area contributed by atoms with E-state index >= 15 is 0 Å². The molecule has 1 saturated carbocycles. The third-order valence-corrected chi connectivity index (χ3v) is 6.12. The fourth-order valence-electron chi connectivity index (χ4n) is 4.14. The zero-order valence-corrected chi connectivity index (χ0v) is 20.2. The number of aliphatic carboxylic acids is 4. The lowest BCUT2D eigenvalue weighted by Gasteiger charge is -2.20. The minimum atomic E-state index is -5.08. The van der Waals surface area contributed by atoms with E-state index in [-0.39, 0.29) is 19.5 Å². The van der Waals surface area contributed by atoms with E-state index < -0.39 is 47.1 Å². The highest BCUT2D eigenvalue weighted by molar-refractivity contribution is 5.94. The van der Waals surface area contributed by atoms with Crippen LogP contribution in [-0.4, -0.2) is 91.3 Å². The molecule has 2 aromatic rings. The van der Waals surface area contributed by atoms with Gasteiger partial charge >= 0.3 is 36.2 Å². The van der Waals surface area contributed by atoms with Gasteiger partial charge in [-0.25, -0.2) is 14.6 Å². The maximum Gasteiger partial charge on any atom is 0.490 e. The van der Waals surface area contributed by atoms with E-state index in [2.05, 4.69) is 4.98 Å². The lowest BCUT2D eigenvalue weighted by molar-refractivity contribution is -0.193. The number of benzene rings is 1. The van der Waals surface area contributed by atoms with Crippen LogP contribution in [0.4, 0.5) is 26.3 Å². The minimum Gasteiger partial charge on any atom is -0.497 e. The highest BCUT2D eigenvalue weighted by Gasteiger charge is 2.80. The molecule has 4 rings (SSSR count). The van der Waals surface area contributed by atoms with Gasteiger partial charge in [-0.1, -0.05) is 0 Å². The van der Waals surface area contributed by atoms with Crippen LogP contribution in [0.1, 0.15) is 12.2 Å². The van der Waals surface area contributed by atoms with E-state index in [1.54, 1.807) is 13.3 Å². The molecule has 1 aromatic carbocycles. The molecule has 40 heavy (non-hydrogen) atoms. The first-order valence-electron chi connectivity index (χ1n) is 10.8. The summed E-state index contributed by atoms with van der Waals surface area (Å²) in [6.45, 7) is 0.845. The van der Waals surface area contributed by atoms with Gasteiger partial charge in [0.15, 0.2) is 0 Å². The Morgan fingerprint density at radius 2 is 1.30 bits per heavy atom. The van der Waals surface area contributed by atoms with Gasteiger partial charge in [0.1, 0.15) is 11.6 Å². The molecule has 12 nitrogen and oxygen atoms in total. The fraction of sp³-hybridized carbons (Fsp3) is 0.409. The maximum absolute atomic E-state index is 11.6. The van der Waals surface area contributed by atoms with E-state index in [0.29, 0.717) is 6.54 Å². The van der Waals surface area contributed by atoms with E-state index in [0.717, 1.165) is 17.3 Å². The molecule has 0 amide bonds. The first-order chi connectivity index (χ1) is 18.3. The Hall–Kier alpha value is -4.35. The van der Waals surface area contributed by atoms with Gasteiger partial charge in [0.2, 0.25) is 0 Å². The Morgan fingerprint density at radius 1 is 0.875 bits per heavy atom. The SMILES string of the molecule is COc1ccc(-n2ccnc2CN2C[C@@]3(C(=O)O)C[C@@]3(C(=O)O)C2)cc1.O=C(O)C(F)(F)F.O=C(O)C(F)(F)F. The number of carbonyl (C=O) groups is 4. The molecular formula is C22H21F6N3O9. The van der Waals surface area contributed by atoms with Gasteiger partial charge in [0.05, 0.1) is 24.5 Å². The van der Waals surface area contributed by atoms with Crippen LogP contribution in [0.2, 0.25) is 0 Å². The average Bonchev–Trinajstić information content (AvgIpc) is 3.11. The van der Waals surface area contributed by atoms with Crippen molar-refractivity contribution in [1.82, 2.24) is 14.5 Å². The number of carboxylic acid groups (broad SMARTS) is 4. The van der Waals surface area contributed by atoms with Crippen LogP contribution in [0.25, 0.3) is 5.69 Å². The van der Waals surface area contributed by atoms with Crippen molar-refractivity contribution < 1.29 is 70.7 Å². The summed E-state index contributed by atoms with van der Waals surface area (Å²) in [5.41, 5.74) is -1.43. The van der Waals surface area contributed by atoms with Crippen molar-refractivity contribution in [3.05, 3.63) is 42.5 Å². The zero-order chi connectivity index (χ0) is 30.7. The topological polar surface area (TPSA) is 179 Å². The average molecular weight is 585 g/mol. The zero-order valence-electron chi connectivity index (χ0n) is 20.2. The molecule has 220 valence electrons. The minimum absolute atomic E-state index is 0.202. The number of hydrogen-bond acceptors (Lipinski definition) is 7. The van der Waals surface area contributed by atoms with Gasteiger partial charge < -0.3 is 29.7 Å². The lowest BCUT2D eigenvalue weighted by atomic mass is 9.97. The van der Waals surface area contributed by atoms with Gasteiger partial charge in [-0.15, -0.1) is 0 Å². The number of fused-ring (bicyclic) bond motifs is 1. The summed E-state index contributed by atoms with van der Waals surface area (Å²) in [7, 11) is 1.60. The van der Waals surface area contributed by atoms with Gasteiger partial charge in [-0.3, -0.25) is 14.5 Å². The highest BCUT2D eigenvalue weighted by Crippen LogP contribution is 2.68. The second-order valence-electron chi connectivity index (χ2n) is 8.61. The van der Waals surface area contributed by atoms with Crippen LogP contribution in [-0.2, 0) is 25.7 Å². The second kappa shape index (κ2) is 11.4. The molecule has 1 saturated heterocycles. The van der Waals surface area contributed by atoms with Crippen molar-refractivity contribution in [2.24, 2.45) is 10.8 Å². The molecule has 4 N–H and O–H groups in total. The fourth-order valence-corrected chi connectivity index (χ4v) is 4.14. The van der Waals surface area contributed by atoms with Crippen molar-refractivity contribution in [2.75, 3.05) is 20.2 Å². The first-order valence-corrected chi connectivity index (χ1v) is 10.8. The summed E-state index contributed by atoms with van der Waals surface area (Å²) >= 11 is 0. The lowest BCUT2D eigenvalue weighted by Crippen LogP contribution is -2.29. The van der Waals surface area contributed by atoms with Crippen LogP contribution in [0.15, 0.2) is 36.7 Å². The highest BCUT2D eigenvalue weighted by atomic mass is 19.4. The van der Waals surface area contributed by atoms with Crippen molar-refractivity contribution in [1.29, 1.82) is 0 Å². The summed E-state index contributed by atoms with van der Waals surface area (Å²) in [4.78, 5) is 47.3. The van der Waals surface area contributed by atoms with Gasteiger partial charge in [0, 0.05) is 31.2 Å². The van der Waals surface area contributed by atoms with Crippen molar-refractivity contribution >= 4 is 23.9 Å². The number of carboxylic acids is 4. The predicted octanol–water partition coefficient (Wildman–Crippen LogP) is 2.51. The molecule has 1 aromatic heterocycles. The van der Waals surface area contributed by atoms with Crippen LogP contribution in [0.5, 0.6) is 5.75 Å². The number of likely N-dealkylation sites (tertiary alicyclic amines) is 1. The largest absolute Gasteiger partial charge is 0.497 e. The molecule has 2 atom stereocenters. The molecular weight excluding hydrogens is 564 g/mol. The molecule has 18 heteroatoms. The number of hydrogen-bond donors (Lipinski definition) is 4. The number of rotatable bonds is 6. The molecule has 2 heterocycles. The molecule has 2 aliphatic rings. The number of aromatic nitrogens is 2. The molecule has 1 aliphatic carbocycles. The Bertz CT molecular complexity index is 1210. The molecule has 0 unspecified atom stereocenters. The van der Waals surface area contributed by atoms with E-state index in [1.807, 2.05) is 39.9 Å². The molecule has 0 radical (unpaired) electrons. The summed E-state index contributed by atoms with van der Waals surface area (Å²) in [5, 5.41) is 33.3. The number of methoxy groups -OCH3 is 1. The van der Waals surface area contributed by atoms with Gasteiger partial charge in [-0.2, -0.15) is 26.3 Å². The smallest absolute Gasteiger partial charge is 0.490 e. The Labute approximate surface area is 220 Å². The third kappa shape index (κ3) is 6.80. The number of nitrogens with zero attached hydrogens (tertiary/aromatic N) is 3. The van der Waals surface area contributed by atoms with Gasteiger partial charge in [0.25, 0.3) is 0 Å². The quantitative estimate of drug-likeness (QED) is 0.366. The van der Waals surface area contributed by atoms with Crippen LogP contribution in [0, 0.1) is 10.8 Å². The van der Waals surface area contributed by atoms with Crippen LogP contribution >= 0.6 is 0 Å². The monoisotopic (exact) mass is 585 g/mol. The molecule has 2 fully saturated rings. The van der Waals surface area contributed by atoms with Crippen molar-refractivity contribution in [3.63, 3.8) is 0 Å². The Balaban J connectivity index is 0.000000333. The van der Waals surface area contributed by atoms with Crippen molar-refractivity contribution in [3.8, 4) is 11.4 Å². The number of imidazole rings is 1. The normalized spacial score (nSPS) is 21.6. The molecule has 0 spiro atoms. The number of piperidine rings is 1. The van der Waals surface area contributed by atoms with Crippen LogP contribution < -0.4 is 4.74 Å². The van der Waals surface area contributed by atoms with Crippen LogP contribution in [0.3, 0.4) is 0 Å². The Kier molecular flexibility index (Phi) is 9.09.